The van der Waals surface area contributed by atoms with Crippen molar-refractivity contribution in [2.45, 2.75) is 50.9 Å². The van der Waals surface area contributed by atoms with E-state index in [4.69, 9.17) is 5.11 Å². The van der Waals surface area contributed by atoms with E-state index in [2.05, 4.69) is 0 Å². The first-order valence-corrected chi connectivity index (χ1v) is 8.75. The Labute approximate surface area is 125 Å². The maximum absolute atomic E-state index is 12.6. The molecule has 0 aliphatic carbocycles. The summed E-state index contributed by atoms with van der Waals surface area (Å²) in [7, 11) is -3.38. The maximum atomic E-state index is 12.6. The molecule has 2 rings (SSSR count). The van der Waals surface area contributed by atoms with Crippen molar-refractivity contribution in [3.63, 3.8) is 0 Å². The van der Waals surface area contributed by atoms with Crippen LogP contribution >= 0.6 is 0 Å². The first-order chi connectivity index (χ1) is 9.81. The van der Waals surface area contributed by atoms with Gasteiger partial charge in [-0.25, -0.2) is 13.2 Å². The summed E-state index contributed by atoms with van der Waals surface area (Å²) in [4.78, 5) is 10.8. The second-order valence-electron chi connectivity index (χ2n) is 5.72. The molecule has 0 bridgehead atoms. The highest BCUT2D eigenvalue weighted by Gasteiger charge is 2.34. The molecular formula is C15H21NO4S. The zero-order valence-electron chi connectivity index (χ0n) is 12.3. The number of hydrogen-bond acceptors (Lipinski definition) is 3. The van der Waals surface area contributed by atoms with Gasteiger partial charge in [0.05, 0.1) is 11.3 Å². The van der Waals surface area contributed by atoms with Gasteiger partial charge in [0, 0.05) is 12.1 Å². The fourth-order valence-corrected chi connectivity index (χ4v) is 5.04. The molecule has 1 saturated heterocycles. The molecule has 0 amide bonds. The van der Waals surface area contributed by atoms with E-state index in [9.17, 15) is 13.2 Å². The Morgan fingerprint density at radius 2 is 1.71 bits per heavy atom. The van der Waals surface area contributed by atoms with Crippen LogP contribution in [0.2, 0.25) is 0 Å². The summed E-state index contributed by atoms with van der Waals surface area (Å²) >= 11 is 0. The van der Waals surface area contributed by atoms with Gasteiger partial charge in [0.1, 0.15) is 0 Å². The van der Waals surface area contributed by atoms with Gasteiger partial charge >= 0.3 is 5.97 Å². The molecule has 5 nitrogen and oxygen atoms in total. The Hall–Kier alpha value is -1.40. The Morgan fingerprint density at radius 3 is 2.19 bits per heavy atom. The second-order valence-corrected chi connectivity index (χ2v) is 7.59. The molecular weight excluding hydrogens is 290 g/mol. The molecule has 0 spiro atoms. The van der Waals surface area contributed by atoms with Crippen molar-refractivity contribution in [3.05, 3.63) is 35.4 Å². The Bertz CT molecular complexity index is 599. The molecule has 1 aromatic rings. The van der Waals surface area contributed by atoms with Gasteiger partial charge in [-0.15, -0.1) is 0 Å². The Balaban J connectivity index is 2.18. The Morgan fingerprint density at radius 1 is 1.19 bits per heavy atom. The molecule has 2 atom stereocenters. The molecule has 0 radical (unpaired) electrons. The average molecular weight is 311 g/mol. The molecule has 116 valence electrons. The molecule has 1 N–H and O–H groups in total. The molecule has 0 unspecified atom stereocenters. The summed E-state index contributed by atoms with van der Waals surface area (Å²) in [5, 5.41) is 8.86. The summed E-state index contributed by atoms with van der Waals surface area (Å²) < 4.78 is 26.8. The summed E-state index contributed by atoms with van der Waals surface area (Å²) in [6, 6.07) is 6.07. The maximum Gasteiger partial charge on any atom is 0.335 e. The van der Waals surface area contributed by atoms with Crippen molar-refractivity contribution in [1.29, 1.82) is 0 Å². The SMILES string of the molecule is C[C@@H]1CCC[C@H](C)N1S(=O)(=O)Cc1ccc(C(=O)O)cc1. The lowest BCUT2D eigenvalue weighted by atomic mass is 10.0. The summed E-state index contributed by atoms with van der Waals surface area (Å²) in [5.74, 6) is -1.09. The number of hydrogen-bond donors (Lipinski definition) is 1. The number of nitrogens with zero attached hydrogens (tertiary/aromatic N) is 1. The number of aromatic carboxylic acids is 1. The molecule has 1 aliphatic rings. The number of rotatable bonds is 4. The number of benzene rings is 1. The minimum atomic E-state index is -3.38. The van der Waals surface area contributed by atoms with Gasteiger partial charge in [0.2, 0.25) is 10.0 Å². The van der Waals surface area contributed by atoms with Crippen molar-refractivity contribution < 1.29 is 18.3 Å². The number of carbonyl (C=O) groups is 1. The quantitative estimate of drug-likeness (QED) is 0.927. The van der Waals surface area contributed by atoms with E-state index in [0.717, 1.165) is 19.3 Å². The monoisotopic (exact) mass is 311 g/mol. The predicted molar refractivity (Wildman–Crippen MR) is 80.6 cm³/mol. The first kappa shape index (κ1) is 16.0. The molecule has 1 fully saturated rings. The van der Waals surface area contributed by atoms with Crippen molar-refractivity contribution in [1.82, 2.24) is 4.31 Å². The van der Waals surface area contributed by atoms with Crippen LogP contribution < -0.4 is 0 Å². The smallest absolute Gasteiger partial charge is 0.335 e. The van der Waals surface area contributed by atoms with Crippen LogP contribution in [0.25, 0.3) is 0 Å². The van der Waals surface area contributed by atoms with Crippen molar-refractivity contribution in [3.8, 4) is 0 Å². The molecule has 0 aromatic heterocycles. The molecule has 6 heteroatoms. The lowest BCUT2D eigenvalue weighted by Gasteiger charge is -2.37. The standard InChI is InChI=1S/C15H21NO4S/c1-11-4-3-5-12(2)16(11)21(19,20)10-13-6-8-14(9-7-13)15(17)18/h6-9,11-12H,3-5,10H2,1-2H3,(H,17,18)/t11-,12+. The minimum absolute atomic E-state index is 0.0250. The van der Waals surface area contributed by atoms with Crippen LogP contribution in [-0.4, -0.2) is 35.9 Å². The van der Waals surface area contributed by atoms with Crippen LogP contribution in [0.4, 0.5) is 0 Å². The van der Waals surface area contributed by atoms with Gasteiger partial charge in [-0.05, 0) is 44.4 Å². The third-order valence-electron chi connectivity index (χ3n) is 3.98. The highest BCUT2D eigenvalue weighted by atomic mass is 32.2. The van der Waals surface area contributed by atoms with Gasteiger partial charge in [-0.3, -0.25) is 0 Å². The molecule has 1 aromatic carbocycles. The van der Waals surface area contributed by atoms with E-state index in [0.29, 0.717) is 5.56 Å². The van der Waals surface area contributed by atoms with Crippen molar-refractivity contribution in [2.75, 3.05) is 0 Å². The zero-order chi connectivity index (χ0) is 15.6. The first-order valence-electron chi connectivity index (χ1n) is 7.14. The number of carboxylic acids is 1. The molecule has 0 saturated carbocycles. The normalized spacial score (nSPS) is 23.9. The third kappa shape index (κ3) is 3.63. The van der Waals surface area contributed by atoms with E-state index in [1.165, 1.54) is 12.1 Å². The van der Waals surface area contributed by atoms with Gasteiger partial charge in [0.25, 0.3) is 0 Å². The van der Waals surface area contributed by atoms with E-state index < -0.39 is 16.0 Å². The molecule has 1 heterocycles. The van der Waals surface area contributed by atoms with Crippen LogP contribution in [0.15, 0.2) is 24.3 Å². The van der Waals surface area contributed by atoms with Gasteiger partial charge in [-0.1, -0.05) is 18.6 Å². The predicted octanol–water partition coefficient (Wildman–Crippen LogP) is 2.48. The topological polar surface area (TPSA) is 74.7 Å². The second kappa shape index (κ2) is 6.15. The summed E-state index contributed by atoms with van der Waals surface area (Å²) in [6.45, 7) is 3.89. The minimum Gasteiger partial charge on any atom is -0.478 e. The van der Waals surface area contributed by atoms with Crippen molar-refractivity contribution in [2.24, 2.45) is 0 Å². The molecule has 1 aliphatic heterocycles. The average Bonchev–Trinajstić information content (AvgIpc) is 2.38. The Kier molecular flexibility index (Phi) is 4.68. The van der Waals surface area contributed by atoms with E-state index in [-0.39, 0.29) is 23.4 Å². The van der Waals surface area contributed by atoms with E-state index >= 15 is 0 Å². The lowest BCUT2D eigenvalue weighted by Crippen LogP contribution is -2.47. The van der Waals surface area contributed by atoms with E-state index in [1.807, 2.05) is 13.8 Å². The zero-order valence-corrected chi connectivity index (χ0v) is 13.1. The fourth-order valence-electron chi connectivity index (χ4n) is 2.97. The molecule has 21 heavy (non-hydrogen) atoms. The van der Waals surface area contributed by atoms with Crippen molar-refractivity contribution >= 4 is 16.0 Å². The van der Waals surface area contributed by atoms with Gasteiger partial charge in [0.15, 0.2) is 0 Å². The number of carboxylic acid groups (broad SMARTS) is 1. The number of sulfonamides is 1. The van der Waals surface area contributed by atoms with Crippen LogP contribution in [0.3, 0.4) is 0 Å². The fraction of sp³-hybridized carbons (Fsp3) is 0.533. The van der Waals surface area contributed by atoms with Crippen LogP contribution in [-0.2, 0) is 15.8 Å². The van der Waals surface area contributed by atoms with E-state index in [1.54, 1.807) is 16.4 Å². The van der Waals surface area contributed by atoms with Crippen LogP contribution in [0.5, 0.6) is 0 Å². The van der Waals surface area contributed by atoms with Crippen LogP contribution in [0.1, 0.15) is 49.0 Å². The summed E-state index contributed by atoms with van der Waals surface area (Å²) in [6.07, 6.45) is 2.84. The van der Waals surface area contributed by atoms with Gasteiger partial charge in [-0.2, -0.15) is 4.31 Å². The largest absolute Gasteiger partial charge is 0.478 e. The van der Waals surface area contributed by atoms with Gasteiger partial charge < -0.3 is 5.11 Å². The highest BCUT2D eigenvalue weighted by molar-refractivity contribution is 7.88. The lowest BCUT2D eigenvalue weighted by molar-refractivity contribution is 0.0697. The van der Waals surface area contributed by atoms with Crippen LogP contribution in [0, 0.1) is 0 Å². The number of piperidine rings is 1. The summed E-state index contributed by atoms with van der Waals surface area (Å²) in [5.41, 5.74) is 0.779. The highest BCUT2D eigenvalue weighted by Crippen LogP contribution is 2.27. The third-order valence-corrected chi connectivity index (χ3v) is 6.04.